The second-order valence-electron chi connectivity index (χ2n) is 5.34. The Morgan fingerprint density at radius 1 is 1.33 bits per heavy atom. The maximum atomic E-state index is 5.56. The molecule has 1 aromatic rings. The molecule has 5 heteroatoms. The number of nitrogens with one attached hydrogen (secondary N) is 1. The number of hydrogen-bond acceptors (Lipinski definition) is 4. The Bertz CT molecular complexity index is 415. The maximum absolute atomic E-state index is 5.56. The van der Waals surface area contributed by atoms with Crippen LogP contribution in [-0.2, 0) is 4.74 Å². The quantitative estimate of drug-likeness (QED) is 0.920. The molecule has 0 aliphatic rings. The van der Waals surface area contributed by atoms with E-state index < -0.39 is 0 Å². The SMILES string of the molecule is CCNc1nc(C(OC)C(C)(C)C)nc(C)c1Br. The Hall–Kier alpha value is -0.680. The molecule has 1 N–H and O–H groups in total. The number of aromatic nitrogens is 2. The minimum Gasteiger partial charge on any atom is -0.373 e. The van der Waals surface area contributed by atoms with Crippen LogP contribution in [0.4, 0.5) is 5.82 Å². The number of nitrogens with zero attached hydrogens (tertiary/aromatic N) is 2. The van der Waals surface area contributed by atoms with Crippen molar-refractivity contribution in [3.8, 4) is 0 Å². The summed E-state index contributed by atoms with van der Waals surface area (Å²) in [6.07, 6.45) is -0.123. The van der Waals surface area contributed by atoms with Crippen LogP contribution in [0.3, 0.4) is 0 Å². The molecular formula is C13H22BrN3O. The lowest BCUT2D eigenvalue weighted by Gasteiger charge is -2.28. The predicted octanol–water partition coefficient (Wildman–Crippen LogP) is 3.71. The van der Waals surface area contributed by atoms with Gasteiger partial charge in [-0.1, -0.05) is 20.8 Å². The van der Waals surface area contributed by atoms with Crippen molar-refractivity contribution < 1.29 is 4.74 Å². The molecule has 0 aliphatic heterocycles. The molecule has 1 unspecified atom stereocenters. The fourth-order valence-corrected chi connectivity index (χ4v) is 2.15. The van der Waals surface area contributed by atoms with E-state index in [4.69, 9.17) is 4.74 Å². The molecule has 0 saturated heterocycles. The highest BCUT2D eigenvalue weighted by Gasteiger charge is 2.29. The second kappa shape index (κ2) is 5.97. The lowest BCUT2D eigenvalue weighted by atomic mass is 9.88. The summed E-state index contributed by atoms with van der Waals surface area (Å²) in [5.41, 5.74) is 0.876. The van der Waals surface area contributed by atoms with Gasteiger partial charge in [0.05, 0.1) is 10.2 Å². The van der Waals surface area contributed by atoms with Crippen molar-refractivity contribution in [3.05, 3.63) is 16.0 Å². The molecule has 0 aliphatic carbocycles. The first-order valence-electron chi connectivity index (χ1n) is 6.12. The van der Waals surface area contributed by atoms with Gasteiger partial charge in [-0.25, -0.2) is 9.97 Å². The lowest BCUT2D eigenvalue weighted by molar-refractivity contribution is 0.00863. The monoisotopic (exact) mass is 315 g/mol. The van der Waals surface area contributed by atoms with Crippen LogP contribution in [0.1, 0.15) is 45.3 Å². The molecule has 1 heterocycles. The average molecular weight is 316 g/mol. The smallest absolute Gasteiger partial charge is 0.160 e. The molecule has 0 saturated carbocycles. The Morgan fingerprint density at radius 3 is 2.39 bits per heavy atom. The summed E-state index contributed by atoms with van der Waals surface area (Å²) in [4.78, 5) is 9.10. The number of hydrogen-bond donors (Lipinski definition) is 1. The second-order valence-corrected chi connectivity index (χ2v) is 6.13. The van der Waals surface area contributed by atoms with Gasteiger partial charge < -0.3 is 10.1 Å². The van der Waals surface area contributed by atoms with Crippen LogP contribution in [-0.4, -0.2) is 23.6 Å². The first kappa shape index (κ1) is 15.4. The van der Waals surface area contributed by atoms with E-state index in [1.807, 2.05) is 13.8 Å². The molecule has 0 amide bonds. The molecule has 102 valence electrons. The number of methoxy groups -OCH3 is 1. The summed E-state index contributed by atoms with van der Waals surface area (Å²) >= 11 is 3.51. The summed E-state index contributed by atoms with van der Waals surface area (Å²) in [6, 6.07) is 0. The molecule has 0 spiro atoms. The summed E-state index contributed by atoms with van der Waals surface area (Å²) in [5.74, 6) is 1.55. The lowest BCUT2D eigenvalue weighted by Crippen LogP contribution is -2.23. The summed E-state index contributed by atoms with van der Waals surface area (Å²) < 4.78 is 6.47. The fraction of sp³-hybridized carbons (Fsp3) is 0.692. The zero-order valence-corrected chi connectivity index (χ0v) is 13.6. The molecule has 0 bridgehead atoms. The van der Waals surface area contributed by atoms with Crippen molar-refractivity contribution >= 4 is 21.7 Å². The van der Waals surface area contributed by atoms with Gasteiger partial charge in [0.15, 0.2) is 5.82 Å². The summed E-state index contributed by atoms with van der Waals surface area (Å²) in [5, 5.41) is 3.23. The maximum Gasteiger partial charge on any atom is 0.160 e. The van der Waals surface area contributed by atoms with Crippen molar-refractivity contribution in [1.82, 2.24) is 9.97 Å². The molecule has 0 aromatic carbocycles. The van der Waals surface area contributed by atoms with E-state index in [9.17, 15) is 0 Å². The van der Waals surface area contributed by atoms with Gasteiger partial charge in [0, 0.05) is 13.7 Å². The molecule has 1 rings (SSSR count). The Kier molecular flexibility index (Phi) is 5.10. The van der Waals surface area contributed by atoms with Crippen LogP contribution in [0, 0.1) is 12.3 Å². The van der Waals surface area contributed by atoms with Crippen molar-refractivity contribution in [2.75, 3.05) is 19.0 Å². The van der Waals surface area contributed by atoms with Crippen LogP contribution in [0.15, 0.2) is 4.47 Å². The number of rotatable bonds is 4. The first-order chi connectivity index (χ1) is 8.31. The van der Waals surface area contributed by atoms with Crippen LogP contribution in [0.2, 0.25) is 0 Å². The highest BCUT2D eigenvalue weighted by Crippen LogP contribution is 2.35. The van der Waals surface area contributed by atoms with Crippen LogP contribution < -0.4 is 5.32 Å². The van der Waals surface area contributed by atoms with E-state index in [-0.39, 0.29) is 11.5 Å². The molecular weight excluding hydrogens is 294 g/mol. The van der Waals surface area contributed by atoms with Gasteiger partial charge >= 0.3 is 0 Å². The van der Waals surface area contributed by atoms with E-state index in [1.54, 1.807) is 7.11 Å². The van der Waals surface area contributed by atoms with Gasteiger partial charge in [0.1, 0.15) is 11.9 Å². The molecule has 0 fully saturated rings. The zero-order valence-electron chi connectivity index (χ0n) is 12.0. The standard InChI is InChI=1S/C13H22BrN3O/c1-7-15-11-9(14)8(2)16-12(17-11)10(18-6)13(3,4)5/h10H,7H2,1-6H3,(H,15,16,17). The molecule has 1 aromatic heterocycles. The third-order valence-corrected chi connectivity index (χ3v) is 3.58. The molecule has 18 heavy (non-hydrogen) atoms. The summed E-state index contributed by atoms with van der Waals surface area (Å²) in [7, 11) is 1.70. The zero-order chi connectivity index (χ0) is 13.9. The normalized spacial score (nSPS) is 13.5. The number of ether oxygens (including phenoxy) is 1. The Balaban J connectivity index is 3.24. The minimum absolute atomic E-state index is 0.0432. The van der Waals surface area contributed by atoms with Gasteiger partial charge in [-0.2, -0.15) is 0 Å². The first-order valence-corrected chi connectivity index (χ1v) is 6.91. The van der Waals surface area contributed by atoms with E-state index in [0.29, 0.717) is 0 Å². The van der Waals surface area contributed by atoms with E-state index in [2.05, 4.69) is 52.0 Å². The third-order valence-electron chi connectivity index (χ3n) is 2.64. The van der Waals surface area contributed by atoms with Gasteiger partial charge in [-0.15, -0.1) is 0 Å². The van der Waals surface area contributed by atoms with Crippen molar-refractivity contribution in [2.24, 2.45) is 5.41 Å². The molecule has 0 radical (unpaired) electrons. The van der Waals surface area contributed by atoms with E-state index in [0.717, 1.165) is 28.4 Å². The highest BCUT2D eigenvalue weighted by molar-refractivity contribution is 9.10. The third kappa shape index (κ3) is 3.42. The van der Waals surface area contributed by atoms with Crippen LogP contribution in [0.5, 0.6) is 0 Å². The average Bonchev–Trinajstić information content (AvgIpc) is 2.24. The topological polar surface area (TPSA) is 47.0 Å². The highest BCUT2D eigenvalue weighted by atomic mass is 79.9. The van der Waals surface area contributed by atoms with E-state index in [1.165, 1.54) is 0 Å². The van der Waals surface area contributed by atoms with E-state index >= 15 is 0 Å². The largest absolute Gasteiger partial charge is 0.373 e. The van der Waals surface area contributed by atoms with Crippen molar-refractivity contribution in [1.29, 1.82) is 0 Å². The van der Waals surface area contributed by atoms with Gasteiger partial charge in [0.25, 0.3) is 0 Å². The fourth-order valence-electron chi connectivity index (χ4n) is 1.83. The number of aryl methyl sites for hydroxylation is 1. The van der Waals surface area contributed by atoms with Gasteiger partial charge in [-0.3, -0.25) is 0 Å². The molecule has 4 nitrogen and oxygen atoms in total. The minimum atomic E-state index is -0.123. The Morgan fingerprint density at radius 2 is 1.94 bits per heavy atom. The predicted molar refractivity (Wildman–Crippen MR) is 77.8 cm³/mol. The summed E-state index contributed by atoms with van der Waals surface area (Å²) in [6.45, 7) is 11.2. The van der Waals surface area contributed by atoms with Crippen LogP contribution in [0.25, 0.3) is 0 Å². The van der Waals surface area contributed by atoms with Gasteiger partial charge in [0.2, 0.25) is 0 Å². The van der Waals surface area contributed by atoms with Crippen molar-refractivity contribution in [3.63, 3.8) is 0 Å². The molecule has 1 atom stereocenters. The van der Waals surface area contributed by atoms with Crippen molar-refractivity contribution in [2.45, 2.75) is 40.7 Å². The number of halogens is 1. The Labute approximate surface area is 118 Å². The van der Waals surface area contributed by atoms with Gasteiger partial charge in [-0.05, 0) is 35.2 Å². The van der Waals surface area contributed by atoms with Crippen LogP contribution >= 0.6 is 15.9 Å². The number of anilines is 1.